The molecule has 2 aromatic carbocycles. The number of ether oxygens (including phenoxy) is 1. The summed E-state index contributed by atoms with van der Waals surface area (Å²) in [6.07, 6.45) is 0.427. The van der Waals surface area contributed by atoms with Crippen LogP contribution in [0.4, 0.5) is 4.39 Å². The topological polar surface area (TPSA) is 35.2 Å². The second kappa shape index (κ2) is 6.70. The van der Waals surface area contributed by atoms with Crippen LogP contribution < -0.4 is 10.5 Å². The number of nitrogens with two attached hydrogens (primary N) is 1. The molecule has 0 heterocycles. The van der Waals surface area contributed by atoms with Gasteiger partial charge in [-0.15, -0.1) is 0 Å². The van der Waals surface area contributed by atoms with Crippen LogP contribution >= 0.6 is 31.9 Å². The van der Waals surface area contributed by atoms with Gasteiger partial charge in [-0.3, -0.25) is 0 Å². The van der Waals surface area contributed by atoms with Gasteiger partial charge in [-0.25, -0.2) is 4.39 Å². The molecule has 0 amide bonds. The Balaban J connectivity index is 2.35. The third-order valence-corrected chi connectivity index (χ3v) is 3.83. The van der Waals surface area contributed by atoms with Crippen molar-refractivity contribution in [3.63, 3.8) is 0 Å². The van der Waals surface area contributed by atoms with Gasteiger partial charge in [0.2, 0.25) is 0 Å². The van der Waals surface area contributed by atoms with E-state index in [2.05, 4.69) is 31.9 Å². The fraction of sp³-hybridized carbons (Fsp3) is 0.200. The number of hydrogen-bond donors (Lipinski definition) is 1. The maximum Gasteiger partial charge on any atom is 0.141 e. The van der Waals surface area contributed by atoms with Gasteiger partial charge in [-0.05, 0) is 59.6 Å². The maximum absolute atomic E-state index is 13.9. The minimum absolute atomic E-state index is 0.136. The van der Waals surface area contributed by atoms with Gasteiger partial charge >= 0.3 is 0 Å². The van der Waals surface area contributed by atoms with Crippen molar-refractivity contribution in [2.24, 2.45) is 5.73 Å². The van der Waals surface area contributed by atoms with Gasteiger partial charge in [0.15, 0.2) is 0 Å². The summed E-state index contributed by atoms with van der Waals surface area (Å²) in [6, 6.07) is 10.2. The van der Waals surface area contributed by atoms with Crippen LogP contribution in [0, 0.1) is 5.82 Å². The summed E-state index contributed by atoms with van der Waals surface area (Å²) in [4.78, 5) is 0. The van der Waals surface area contributed by atoms with E-state index in [-0.39, 0.29) is 11.9 Å². The van der Waals surface area contributed by atoms with Gasteiger partial charge in [0.25, 0.3) is 0 Å². The van der Waals surface area contributed by atoms with E-state index in [4.69, 9.17) is 10.5 Å². The van der Waals surface area contributed by atoms with E-state index in [9.17, 15) is 4.39 Å². The zero-order chi connectivity index (χ0) is 14.7. The highest BCUT2D eigenvalue weighted by Gasteiger charge is 2.13. The summed E-state index contributed by atoms with van der Waals surface area (Å²) in [7, 11) is 0. The average Bonchev–Trinajstić information content (AvgIpc) is 2.36. The summed E-state index contributed by atoms with van der Waals surface area (Å²) >= 11 is 6.80. The molecule has 2 N–H and O–H groups in total. The lowest BCUT2D eigenvalue weighted by Crippen LogP contribution is -2.19. The van der Waals surface area contributed by atoms with Crippen LogP contribution in [-0.4, -0.2) is 6.04 Å². The second-order valence-electron chi connectivity index (χ2n) is 4.57. The Morgan fingerprint density at radius 3 is 2.60 bits per heavy atom. The van der Waals surface area contributed by atoms with Crippen molar-refractivity contribution in [1.82, 2.24) is 0 Å². The molecule has 0 radical (unpaired) electrons. The Morgan fingerprint density at radius 1 is 1.20 bits per heavy atom. The van der Waals surface area contributed by atoms with Crippen molar-refractivity contribution < 1.29 is 9.13 Å². The molecule has 0 spiro atoms. The maximum atomic E-state index is 13.9. The van der Waals surface area contributed by atoms with Crippen LogP contribution in [-0.2, 0) is 6.42 Å². The molecule has 5 heteroatoms. The zero-order valence-corrected chi connectivity index (χ0v) is 14.0. The Kier molecular flexibility index (Phi) is 5.18. The summed E-state index contributed by atoms with van der Waals surface area (Å²) in [5.41, 5.74) is 6.27. The fourth-order valence-corrected chi connectivity index (χ4v) is 2.96. The fourth-order valence-electron chi connectivity index (χ4n) is 1.83. The standard InChI is InChI=1S/C15H14Br2FNO/c1-9(19)7-11-13(18)3-2-4-14(11)20-15-6-5-10(16)8-12(15)17/h2-6,8-9H,7,19H2,1H3. The predicted octanol–water partition coefficient (Wildman–Crippen LogP) is 5.03. The largest absolute Gasteiger partial charge is 0.456 e. The van der Waals surface area contributed by atoms with E-state index < -0.39 is 0 Å². The molecule has 0 bridgehead atoms. The van der Waals surface area contributed by atoms with Crippen LogP contribution in [0.5, 0.6) is 11.5 Å². The molecule has 0 aromatic heterocycles. The smallest absolute Gasteiger partial charge is 0.141 e. The normalized spacial score (nSPS) is 12.2. The summed E-state index contributed by atoms with van der Waals surface area (Å²) in [6.45, 7) is 1.84. The first-order valence-corrected chi connectivity index (χ1v) is 7.72. The molecule has 2 rings (SSSR count). The van der Waals surface area contributed by atoms with Crippen molar-refractivity contribution >= 4 is 31.9 Å². The van der Waals surface area contributed by atoms with Crippen LogP contribution in [0.3, 0.4) is 0 Å². The molecule has 2 nitrogen and oxygen atoms in total. The SMILES string of the molecule is CC(N)Cc1c(F)cccc1Oc1ccc(Br)cc1Br. The zero-order valence-electron chi connectivity index (χ0n) is 10.9. The van der Waals surface area contributed by atoms with E-state index in [1.165, 1.54) is 6.07 Å². The summed E-state index contributed by atoms with van der Waals surface area (Å²) in [5.74, 6) is 0.822. The third kappa shape index (κ3) is 3.81. The van der Waals surface area contributed by atoms with Crippen molar-refractivity contribution in [2.75, 3.05) is 0 Å². The van der Waals surface area contributed by atoms with Gasteiger partial charge in [0, 0.05) is 16.1 Å². The van der Waals surface area contributed by atoms with Crippen molar-refractivity contribution in [2.45, 2.75) is 19.4 Å². The lowest BCUT2D eigenvalue weighted by molar-refractivity contribution is 0.461. The number of halogens is 3. The minimum Gasteiger partial charge on any atom is -0.456 e. The van der Waals surface area contributed by atoms with Crippen LogP contribution in [0.1, 0.15) is 12.5 Å². The molecule has 0 fully saturated rings. The average molecular weight is 403 g/mol. The van der Waals surface area contributed by atoms with Gasteiger partial charge in [0.1, 0.15) is 17.3 Å². The van der Waals surface area contributed by atoms with Crippen molar-refractivity contribution in [1.29, 1.82) is 0 Å². The van der Waals surface area contributed by atoms with Gasteiger partial charge < -0.3 is 10.5 Å². The summed E-state index contributed by atoms with van der Waals surface area (Å²) < 4.78 is 21.5. The monoisotopic (exact) mass is 401 g/mol. The van der Waals surface area contributed by atoms with E-state index in [1.807, 2.05) is 25.1 Å². The number of benzene rings is 2. The molecule has 0 aliphatic carbocycles. The highest BCUT2D eigenvalue weighted by atomic mass is 79.9. The first kappa shape index (κ1) is 15.5. The first-order valence-electron chi connectivity index (χ1n) is 6.13. The van der Waals surface area contributed by atoms with Crippen molar-refractivity contribution in [3.8, 4) is 11.5 Å². The molecule has 0 aliphatic rings. The van der Waals surface area contributed by atoms with E-state index in [0.717, 1.165) is 8.95 Å². The lowest BCUT2D eigenvalue weighted by Gasteiger charge is -2.14. The predicted molar refractivity (Wildman–Crippen MR) is 85.7 cm³/mol. The molecule has 20 heavy (non-hydrogen) atoms. The third-order valence-electron chi connectivity index (χ3n) is 2.72. The van der Waals surface area contributed by atoms with Crippen LogP contribution in [0.2, 0.25) is 0 Å². The van der Waals surface area contributed by atoms with Crippen molar-refractivity contribution in [3.05, 3.63) is 56.7 Å². The molecule has 0 aliphatic heterocycles. The second-order valence-corrected chi connectivity index (χ2v) is 6.34. The molecule has 106 valence electrons. The molecule has 0 saturated heterocycles. The van der Waals surface area contributed by atoms with Crippen LogP contribution in [0.25, 0.3) is 0 Å². The number of hydrogen-bond acceptors (Lipinski definition) is 2. The van der Waals surface area contributed by atoms with Crippen LogP contribution in [0.15, 0.2) is 45.3 Å². The van der Waals surface area contributed by atoms with E-state index in [0.29, 0.717) is 23.5 Å². The Morgan fingerprint density at radius 2 is 1.95 bits per heavy atom. The molecule has 2 aromatic rings. The summed E-state index contributed by atoms with van der Waals surface area (Å²) in [5, 5.41) is 0. The van der Waals surface area contributed by atoms with Gasteiger partial charge in [-0.2, -0.15) is 0 Å². The molecular formula is C15H14Br2FNO. The van der Waals surface area contributed by atoms with Gasteiger partial charge in [0.05, 0.1) is 4.47 Å². The first-order chi connectivity index (χ1) is 9.47. The Hall–Kier alpha value is -0.910. The highest BCUT2D eigenvalue weighted by molar-refractivity contribution is 9.11. The van der Waals surface area contributed by atoms with Gasteiger partial charge in [-0.1, -0.05) is 22.0 Å². The lowest BCUT2D eigenvalue weighted by atomic mass is 10.1. The molecular weight excluding hydrogens is 389 g/mol. The van der Waals surface area contributed by atoms with E-state index >= 15 is 0 Å². The number of rotatable bonds is 4. The molecule has 0 saturated carbocycles. The Labute approximate surface area is 134 Å². The quantitative estimate of drug-likeness (QED) is 0.777. The highest BCUT2D eigenvalue weighted by Crippen LogP contribution is 2.34. The Bertz CT molecular complexity index is 617. The minimum atomic E-state index is -0.298. The van der Waals surface area contributed by atoms with E-state index in [1.54, 1.807) is 12.1 Å². The molecule has 1 atom stereocenters. The molecule has 1 unspecified atom stereocenters.